The molecule has 1 atom stereocenters. The predicted octanol–water partition coefficient (Wildman–Crippen LogP) is 3.18. The van der Waals surface area contributed by atoms with Gasteiger partial charge in [0.05, 0.1) is 12.1 Å². The number of methoxy groups -OCH3 is 1. The van der Waals surface area contributed by atoms with Crippen molar-refractivity contribution < 1.29 is 22.3 Å². The number of ether oxygens (including phenoxy) is 1. The van der Waals surface area contributed by atoms with Crippen LogP contribution in [0.2, 0.25) is 5.02 Å². The van der Waals surface area contributed by atoms with Crippen molar-refractivity contribution in [1.82, 2.24) is 4.31 Å². The highest BCUT2D eigenvalue weighted by Crippen LogP contribution is 2.29. The van der Waals surface area contributed by atoms with Gasteiger partial charge in [0.1, 0.15) is 22.5 Å². The Morgan fingerprint density at radius 1 is 1.18 bits per heavy atom. The van der Waals surface area contributed by atoms with Crippen molar-refractivity contribution in [3.05, 3.63) is 47.2 Å². The van der Waals surface area contributed by atoms with E-state index < -0.39 is 27.8 Å². The predicted molar refractivity (Wildman–Crippen MR) is 107 cm³/mol. The maximum atomic E-state index is 13.2. The van der Waals surface area contributed by atoms with Crippen LogP contribution in [0.25, 0.3) is 0 Å². The van der Waals surface area contributed by atoms with Crippen LogP contribution in [0.15, 0.2) is 41.3 Å². The Kier molecular flexibility index (Phi) is 6.87. The van der Waals surface area contributed by atoms with E-state index in [0.29, 0.717) is 11.4 Å². The maximum Gasteiger partial charge on any atom is 0.246 e. The summed E-state index contributed by atoms with van der Waals surface area (Å²) < 4.78 is 44.4. The molecule has 2 aromatic carbocycles. The van der Waals surface area contributed by atoms with Crippen molar-refractivity contribution in [1.29, 1.82) is 0 Å². The summed E-state index contributed by atoms with van der Waals surface area (Å²) in [7, 11) is 0.469. The Bertz CT molecular complexity index is 983. The highest BCUT2D eigenvalue weighted by molar-refractivity contribution is 7.89. The molecule has 0 spiro atoms. The molecule has 2 aromatic rings. The Morgan fingerprint density at radius 3 is 2.39 bits per heavy atom. The normalized spacial score (nSPS) is 12.5. The molecular formula is C18H21ClFN3O4S. The molecule has 0 aliphatic carbocycles. The summed E-state index contributed by atoms with van der Waals surface area (Å²) >= 11 is 5.71. The Labute approximate surface area is 168 Å². The van der Waals surface area contributed by atoms with Gasteiger partial charge in [0.25, 0.3) is 0 Å². The topological polar surface area (TPSA) is 87.7 Å². The molecule has 0 radical (unpaired) electrons. The molecule has 7 nitrogen and oxygen atoms in total. The van der Waals surface area contributed by atoms with Gasteiger partial charge >= 0.3 is 0 Å². The lowest BCUT2D eigenvalue weighted by Gasteiger charge is -2.18. The van der Waals surface area contributed by atoms with Crippen LogP contribution in [0.5, 0.6) is 5.75 Å². The molecule has 28 heavy (non-hydrogen) atoms. The summed E-state index contributed by atoms with van der Waals surface area (Å²) in [6.07, 6.45) is 0. The van der Waals surface area contributed by atoms with Crippen molar-refractivity contribution >= 4 is 38.9 Å². The third-order valence-electron chi connectivity index (χ3n) is 3.89. The van der Waals surface area contributed by atoms with Gasteiger partial charge in [-0.25, -0.2) is 17.1 Å². The lowest BCUT2D eigenvalue weighted by atomic mass is 10.2. The van der Waals surface area contributed by atoms with E-state index in [2.05, 4.69) is 10.6 Å². The zero-order chi connectivity index (χ0) is 21.1. The minimum absolute atomic E-state index is 0.0251. The zero-order valence-electron chi connectivity index (χ0n) is 15.8. The Balaban J connectivity index is 2.20. The molecule has 2 rings (SSSR count). The minimum Gasteiger partial charge on any atom is -0.495 e. The van der Waals surface area contributed by atoms with Crippen LogP contribution >= 0.6 is 11.6 Å². The number of nitrogens with one attached hydrogen (secondary N) is 2. The van der Waals surface area contributed by atoms with Crippen LogP contribution < -0.4 is 15.4 Å². The third-order valence-corrected chi connectivity index (χ3v) is 6.01. The fraction of sp³-hybridized carbons (Fsp3) is 0.278. The molecule has 1 amide bonds. The highest BCUT2D eigenvalue weighted by Gasteiger charge is 2.23. The number of rotatable bonds is 7. The van der Waals surface area contributed by atoms with Gasteiger partial charge in [0.2, 0.25) is 15.9 Å². The third kappa shape index (κ3) is 4.92. The molecule has 2 N–H and O–H groups in total. The number of carbonyl (C=O) groups excluding carboxylic acids is 1. The number of sulfonamides is 1. The van der Waals surface area contributed by atoms with Crippen molar-refractivity contribution in [2.24, 2.45) is 0 Å². The van der Waals surface area contributed by atoms with Gasteiger partial charge in [-0.15, -0.1) is 0 Å². The number of benzene rings is 2. The van der Waals surface area contributed by atoms with E-state index in [1.807, 2.05) is 0 Å². The average molecular weight is 430 g/mol. The molecule has 152 valence electrons. The van der Waals surface area contributed by atoms with Crippen LogP contribution in [0, 0.1) is 5.82 Å². The van der Waals surface area contributed by atoms with Gasteiger partial charge in [-0.1, -0.05) is 11.6 Å². The van der Waals surface area contributed by atoms with E-state index in [-0.39, 0.29) is 15.7 Å². The van der Waals surface area contributed by atoms with Gasteiger partial charge in [0.15, 0.2) is 0 Å². The highest BCUT2D eigenvalue weighted by atomic mass is 35.5. The molecule has 0 bridgehead atoms. The molecule has 0 saturated carbocycles. The standard InChI is InChI=1S/C18H21ClFN3O4S/c1-11(18(24)22-12-5-7-15(20)14(19)9-12)21-13-6-8-16(27-4)17(10-13)28(25,26)23(2)3/h5-11,21H,1-4H3,(H,22,24)/t11-/m1/s1. The SMILES string of the molecule is COc1ccc(N[C@H](C)C(=O)Nc2ccc(F)c(Cl)c2)cc1S(=O)(=O)N(C)C. The largest absolute Gasteiger partial charge is 0.495 e. The van der Waals surface area contributed by atoms with E-state index in [1.54, 1.807) is 13.0 Å². The fourth-order valence-corrected chi connectivity index (χ4v) is 3.56. The first-order valence-corrected chi connectivity index (χ1v) is 10.0. The van der Waals surface area contributed by atoms with Crippen LogP contribution in [0.3, 0.4) is 0 Å². The van der Waals surface area contributed by atoms with Gasteiger partial charge in [0, 0.05) is 25.5 Å². The summed E-state index contributed by atoms with van der Waals surface area (Å²) in [5.74, 6) is -0.800. The van der Waals surface area contributed by atoms with Crippen molar-refractivity contribution in [2.75, 3.05) is 31.8 Å². The lowest BCUT2D eigenvalue weighted by molar-refractivity contribution is -0.116. The van der Waals surface area contributed by atoms with Crippen LogP contribution in [0.4, 0.5) is 15.8 Å². The lowest BCUT2D eigenvalue weighted by Crippen LogP contribution is -2.32. The molecule has 10 heteroatoms. The van der Waals surface area contributed by atoms with E-state index >= 15 is 0 Å². The van der Waals surface area contributed by atoms with Crippen molar-refractivity contribution in [2.45, 2.75) is 17.9 Å². The monoisotopic (exact) mass is 429 g/mol. The Hall–Kier alpha value is -2.36. The summed E-state index contributed by atoms with van der Waals surface area (Å²) in [5.41, 5.74) is 0.761. The van der Waals surface area contributed by atoms with Crippen LogP contribution in [-0.2, 0) is 14.8 Å². The number of amides is 1. The molecule has 0 saturated heterocycles. The van der Waals surface area contributed by atoms with Crippen LogP contribution in [0.1, 0.15) is 6.92 Å². The molecule has 0 aliphatic heterocycles. The van der Waals surface area contributed by atoms with Gasteiger partial charge < -0.3 is 15.4 Å². The molecule has 0 unspecified atom stereocenters. The molecule has 0 aromatic heterocycles. The smallest absolute Gasteiger partial charge is 0.246 e. The van der Waals surface area contributed by atoms with Crippen molar-refractivity contribution in [3.63, 3.8) is 0 Å². The second kappa shape index (κ2) is 8.76. The number of hydrogen-bond acceptors (Lipinski definition) is 5. The molecule has 0 aliphatic rings. The summed E-state index contributed by atoms with van der Waals surface area (Å²) in [5, 5.41) is 5.44. The first-order valence-electron chi connectivity index (χ1n) is 8.19. The van der Waals surface area contributed by atoms with E-state index in [4.69, 9.17) is 16.3 Å². The Morgan fingerprint density at radius 2 is 1.82 bits per heavy atom. The molecule has 0 heterocycles. The van der Waals surface area contributed by atoms with E-state index in [0.717, 1.165) is 10.4 Å². The molecular weight excluding hydrogens is 409 g/mol. The summed E-state index contributed by atoms with van der Waals surface area (Å²) in [6, 6.07) is 7.63. The maximum absolute atomic E-state index is 13.2. The number of halogens is 2. The zero-order valence-corrected chi connectivity index (χ0v) is 17.4. The van der Waals surface area contributed by atoms with E-state index in [1.165, 1.54) is 45.5 Å². The second-order valence-electron chi connectivity index (χ2n) is 6.14. The number of hydrogen-bond donors (Lipinski definition) is 2. The second-order valence-corrected chi connectivity index (χ2v) is 8.66. The van der Waals surface area contributed by atoms with Crippen molar-refractivity contribution in [3.8, 4) is 5.75 Å². The van der Waals surface area contributed by atoms with Gasteiger partial charge in [-0.3, -0.25) is 4.79 Å². The van der Waals surface area contributed by atoms with Gasteiger partial charge in [-0.05, 0) is 43.3 Å². The fourth-order valence-electron chi connectivity index (χ4n) is 2.30. The first kappa shape index (κ1) is 21.9. The quantitative estimate of drug-likeness (QED) is 0.705. The summed E-state index contributed by atoms with van der Waals surface area (Å²) in [6.45, 7) is 1.60. The average Bonchev–Trinajstić information content (AvgIpc) is 2.64. The van der Waals surface area contributed by atoms with Gasteiger partial charge in [-0.2, -0.15) is 0 Å². The van der Waals surface area contributed by atoms with Crippen LogP contribution in [-0.4, -0.2) is 45.9 Å². The molecule has 0 fully saturated rings. The number of anilines is 2. The number of nitrogens with zero attached hydrogens (tertiary/aromatic N) is 1. The first-order chi connectivity index (χ1) is 13.1. The number of carbonyl (C=O) groups is 1. The minimum atomic E-state index is -3.74. The summed E-state index contributed by atoms with van der Waals surface area (Å²) in [4.78, 5) is 12.3. The van der Waals surface area contributed by atoms with E-state index in [9.17, 15) is 17.6 Å².